The lowest BCUT2D eigenvalue weighted by molar-refractivity contribution is -0.128. The van der Waals surface area contributed by atoms with Crippen molar-refractivity contribution in [1.29, 1.82) is 0 Å². The number of carbonyl (C=O) groups is 1. The second-order valence-corrected chi connectivity index (χ2v) is 5.74. The normalized spacial score (nSPS) is 32.4. The van der Waals surface area contributed by atoms with Crippen LogP contribution in [0.4, 0.5) is 0 Å². The molecule has 2 N–H and O–H groups in total. The maximum Gasteiger partial charge on any atom is 0.140 e. The fraction of sp³-hybridized carbons (Fsp3) is 0.929. The van der Waals surface area contributed by atoms with Gasteiger partial charge in [-0.2, -0.15) is 0 Å². The number of hydrogen-bond acceptors (Lipinski definition) is 2. The minimum absolute atomic E-state index is 0.118. The van der Waals surface area contributed by atoms with Crippen LogP contribution in [0.1, 0.15) is 52.9 Å². The van der Waals surface area contributed by atoms with E-state index in [1.54, 1.807) is 0 Å². The van der Waals surface area contributed by atoms with E-state index in [2.05, 4.69) is 20.8 Å². The lowest BCUT2D eigenvalue weighted by Gasteiger charge is -2.32. The van der Waals surface area contributed by atoms with Gasteiger partial charge >= 0.3 is 0 Å². The highest BCUT2D eigenvalue weighted by atomic mass is 16.1. The van der Waals surface area contributed by atoms with Gasteiger partial charge in [0.1, 0.15) is 5.78 Å². The summed E-state index contributed by atoms with van der Waals surface area (Å²) in [6, 6.07) is 0. The smallest absolute Gasteiger partial charge is 0.140 e. The van der Waals surface area contributed by atoms with E-state index >= 15 is 0 Å². The predicted molar refractivity (Wildman–Crippen MR) is 68.1 cm³/mol. The summed E-state index contributed by atoms with van der Waals surface area (Å²) in [5.74, 6) is 2.27. The monoisotopic (exact) mass is 225 g/mol. The average molecular weight is 225 g/mol. The van der Waals surface area contributed by atoms with Gasteiger partial charge in [0.25, 0.3) is 0 Å². The zero-order valence-corrected chi connectivity index (χ0v) is 11.0. The van der Waals surface area contributed by atoms with Crippen molar-refractivity contribution in [3.05, 3.63) is 0 Å². The second kappa shape index (κ2) is 6.39. The highest BCUT2D eigenvalue weighted by Crippen LogP contribution is 2.35. The maximum absolute atomic E-state index is 12.3. The number of ketones is 1. The second-order valence-electron chi connectivity index (χ2n) is 5.74. The lowest BCUT2D eigenvalue weighted by Crippen LogP contribution is -2.33. The van der Waals surface area contributed by atoms with Crippen LogP contribution >= 0.6 is 0 Å². The molecular weight excluding hydrogens is 198 g/mol. The lowest BCUT2D eigenvalue weighted by atomic mass is 9.72. The van der Waals surface area contributed by atoms with Crippen LogP contribution in [0, 0.1) is 23.7 Å². The van der Waals surface area contributed by atoms with Crippen molar-refractivity contribution in [3.63, 3.8) is 0 Å². The molecule has 0 spiro atoms. The van der Waals surface area contributed by atoms with Gasteiger partial charge in [-0.1, -0.05) is 27.2 Å². The van der Waals surface area contributed by atoms with Gasteiger partial charge in [0, 0.05) is 18.4 Å². The van der Waals surface area contributed by atoms with Crippen molar-refractivity contribution in [2.75, 3.05) is 6.54 Å². The summed E-state index contributed by atoms with van der Waals surface area (Å²) >= 11 is 0. The van der Waals surface area contributed by atoms with Crippen molar-refractivity contribution in [2.45, 2.75) is 52.9 Å². The number of rotatable bonds is 5. The summed E-state index contributed by atoms with van der Waals surface area (Å²) in [5, 5.41) is 0. The predicted octanol–water partition coefficient (Wildman–Crippen LogP) is 3.00. The van der Waals surface area contributed by atoms with E-state index in [4.69, 9.17) is 5.73 Å². The molecule has 2 heteroatoms. The molecule has 2 nitrogen and oxygen atoms in total. The Morgan fingerprint density at radius 3 is 2.25 bits per heavy atom. The van der Waals surface area contributed by atoms with Crippen LogP contribution < -0.4 is 5.73 Å². The van der Waals surface area contributed by atoms with Crippen LogP contribution in [0.5, 0.6) is 0 Å². The van der Waals surface area contributed by atoms with Crippen molar-refractivity contribution in [1.82, 2.24) is 0 Å². The number of hydrogen-bond donors (Lipinski definition) is 1. The Balaban J connectivity index is 2.57. The van der Waals surface area contributed by atoms with Gasteiger partial charge in [-0.15, -0.1) is 0 Å². The van der Waals surface area contributed by atoms with Gasteiger partial charge in [-0.05, 0) is 37.5 Å². The Morgan fingerprint density at radius 1 is 1.25 bits per heavy atom. The van der Waals surface area contributed by atoms with Crippen molar-refractivity contribution >= 4 is 5.78 Å². The first-order chi connectivity index (χ1) is 7.58. The molecule has 1 fully saturated rings. The molecule has 0 aromatic heterocycles. The topological polar surface area (TPSA) is 43.1 Å². The molecule has 1 aliphatic carbocycles. The first-order valence-electron chi connectivity index (χ1n) is 6.82. The highest BCUT2D eigenvalue weighted by molar-refractivity contribution is 5.83. The van der Waals surface area contributed by atoms with Gasteiger partial charge in [0.15, 0.2) is 0 Å². The number of carbonyl (C=O) groups excluding carboxylic acids is 1. The largest absolute Gasteiger partial charge is 0.330 e. The molecular formula is C14H27NO. The molecule has 0 heterocycles. The van der Waals surface area contributed by atoms with Crippen LogP contribution in [-0.2, 0) is 4.79 Å². The quantitative estimate of drug-likeness (QED) is 0.781. The van der Waals surface area contributed by atoms with Crippen molar-refractivity contribution in [3.8, 4) is 0 Å². The van der Waals surface area contributed by atoms with Gasteiger partial charge in [-0.25, -0.2) is 0 Å². The van der Waals surface area contributed by atoms with E-state index in [9.17, 15) is 4.79 Å². The van der Waals surface area contributed by atoms with E-state index in [-0.39, 0.29) is 5.92 Å². The summed E-state index contributed by atoms with van der Waals surface area (Å²) in [7, 11) is 0. The first-order valence-corrected chi connectivity index (χ1v) is 6.82. The molecule has 1 aliphatic rings. The summed E-state index contributed by atoms with van der Waals surface area (Å²) in [6.45, 7) is 7.20. The van der Waals surface area contributed by atoms with Crippen LogP contribution in [0.2, 0.25) is 0 Å². The van der Waals surface area contributed by atoms with Gasteiger partial charge < -0.3 is 5.73 Å². The molecule has 3 unspecified atom stereocenters. The molecule has 0 saturated heterocycles. The molecule has 0 aromatic rings. The van der Waals surface area contributed by atoms with Gasteiger partial charge in [0.2, 0.25) is 0 Å². The third-order valence-corrected chi connectivity index (χ3v) is 3.90. The highest BCUT2D eigenvalue weighted by Gasteiger charge is 2.31. The maximum atomic E-state index is 12.3. The molecule has 0 amide bonds. The molecule has 3 atom stereocenters. The van der Waals surface area contributed by atoms with E-state index < -0.39 is 0 Å². The Hall–Kier alpha value is -0.370. The fourth-order valence-corrected chi connectivity index (χ4v) is 3.24. The van der Waals surface area contributed by atoms with Crippen LogP contribution in [-0.4, -0.2) is 12.3 Å². The summed E-state index contributed by atoms with van der Waals surface area (Å²) in [5.41, 5.74) is 5.71. The summed E-state index contributed by atoms with van der Waals surface area (Å²) in [6.07, 6.45) is 5.48. The molecule has 0 radical (unpaired) electrons. The number of Topliss-reactive ketones (excluding diaryl/α,β-unsaturated/α-hetero) is 1. The first kappa shape index (κ1) is 13.7. The third kappa shape index (κ3) is 3.58. The number of nitrogens with two attached hydrogens (primary N) is 1. The van der Waals surface area contributed by atoms with Crippen molar-refractivity contribution < 1.29 is 4.79 Å². The Morgan fingerprint density at radius 2 is 1.81 bits per heavy atom. The van der Waals surface area contributed by atoms with Gasteiger partial charge in [-0.3, -0.25) is 4.79 Å². The Labute approximate surface area is 100.0 Å². The molecule has 0 aromatic carbocycles. The molecule has 0 bridgehead atoms. The van der Waals surface area contributed by atoms with E-state index in [0.29, 0.717) is 30.1 Å². The van der Waals surface area contributed by atoms with Crippen molar-refractivity contribution in [2.24, 2.45) is 29.4 Å². The van der Waals surface area contributed by atoms with E-state index in [1.807, 2.05) is 0 Å². The third-order valence-electron chi connectivity index (χ3n) is 3.90. The Bertz CT molecular complexity index is 217. The van der Waals surface area contributed by atoms with Crippen LogP contribution in [0.3, 0.4) is 0 Å². The molecule has 94 valence electrons. The van der Waals surface area contributed by atoms with E-state index in [1.165, 1.54) is 6.42 Å². The average Bonchev–Trinajstić information content (AvgIpc) is 2.23. The fourth-order valence-electron chi connectivity index (χ4n) is 3.24. The molecule has 16 heavy (non-hydrogen) atoms. The minimum Gasteiger partial charge on any atom is -0.330 e. The SMILES string of the molecule is CCCC(CN)C(=O)C1CC(C)CC(C)C1. The van der Waals surface area contributed by atoms with E-state index in [0.717, 1.165) is 25.7 Å². The minimum atomic E-state index is 0.118. The summed E-state index contributed by atoms with van der Waals surface area (Å²) in [4.78, 5) is 12.3. The standard InChI is InChI=1S/C14H27NO/c1-4-5-12(9-15)14(16)13-7-10(2)6-11(3)8-13/h10-13H,4-9,15H2,1-3H3. The molecule has 1 rings (SSSR count). The zero-order chi connectivity index (χ0) is 12.1. The van der Waals surface area contributed by atoms with Crippen LogP contribution in [0.25, 0.3) is 0 Å². The van der Waals surface area contributed by atoms with Crippen LogP contribution in [0.15, 0.2) is 0 Å². The molecule has 0 aliphatic heterocycles. The Kier molecular flexibility index (Phi) is 5.47. The zero-order valence-electron chi connectivity index (χ0n) is 11.0. The molecule has 1 saturated carbocycles. The summed E-state index contributed by atoms with van der Waals surface area (Å²) < 4.78 is 0. The van der Waals surface area contributed by atoms with Gasteiger partial charge in [0.05, 0.1) is 0 Å².